The van der Waals surface area contributed by atoms with Crippen LogP contribution in [0.5, 0.6) is 0 Å². The fraction of sp³-hybridized carbons (Fsp3) is 0.571. The van der Waals surface area contributed by atoms with E-state index >= 15 is 0 Å². The zero-order chi connectivity index (χ0) is 18.8. The summed E-state index contributed by atoms with van der Waals surface area (Å²) in [5, 5.41) is 8.97. The van der Waals surface area contributed by atoms with E-state index in [1.807, 2.05) is 36.1 Å². The zero-order valence-electron chi connectivity index (χ0n) is 16.4. The van der Waals surface area contributed by atoms with Gasteiger partial charge >= 0.3 is 0 Å². The second kappa shape index (κ2) is 7.80. The summed E-state index contributed by atoms with van der Waals surface area (Å²) in [7, 11) is 2.07. The summed E-state index contributed by atoms with van der Waals surface area (Å²) in [6, 6.07) is 7.87. The van der Waals surface area contributed by atoms with Crippen molar-refractivity contribution in [3.8, 4) is 0 Å². The lowest BCUT2D eigenvalue weighted by atomic mass is 9.96. The number of amides is 1. The number of hydrogen-bond donors (Lipinski definition) is 0. The number of carbonyl (C=O) groups is 1. The van der Waals surface area contributed by atoms with Gasteiger partial charge in [0.2, 0.25) is 0 Å². The van der Waals surface area contributed by atoms with Gasteiger partial charge in [-0.05, 0) is 57.8 Å². The van der Waals surface area contributed by atoms with E-state index in [0.717, 1.165) is 68.3 Å². The van der Waals surface area contributed by atoms with E-state index in [1.54, 1.807) is 0 Å². The number of piperidine rings is 1. The summed E-state index contributed by atoms with van der Waals surface area (Å²) in [6.07, 6.45) is 4.64. The molecule has 1 aromatic heterocycles. The molecule has 1 aromatic carbocycles. The Morgan fingerprint density at radius 1 is 1.15 bits per heavy atom. The van der Waals surface area contributed by atoms with Crippen molar-refractivity contribution in [2.75, 3.05) is 26.2 Å². The molecule has 144 valence electrons. The molecule has 1 atom stereocenters. The Bertz CT molecular complexity index is 809. The van der Waals surface area contributed by atoms with Crippen LogP contribution in [-0.4, -0.2) is 56.7 Å². The summed E-state index contributed by atoms with van der Waals surface area (Å²) in [4.78, 5) is 17.4. The molecule has 0 aliphatic carbocycles. The normalized spacial score (nSPS) is 21.0. The van der Waals surface area contributed by atoms with Crippen LogP contribution in [0.15, 0.2) is 24.3 Å². The van der Waals surface area contributed by atoms with E-state index in [9.17, 15) is 4.79 Å². The van der Waals surface area contributed by atoms with Crippen molar-refractivity contribution in [3.63, 3.8) is 0 Å². The average Bonchev–Trinajstić information content (AvgIpc) is 3.32. The van der Waals surface area contributed by atoms with Gasteiger partial charge in [-0.15, -0.1) is 10.2 Å². The number of hydrogen-bond acceptors (Lipinski definition) is 4. The quantitative estimate of drug-likeness (QED) is 0.834. The van der Waals surface area contributed by atoms with Gasteiger partial charge in [0.1, 0.15) is 11.6 Å². The monoisotopic (exact) mass is 367 g/mol. The summed E-state index contributed by atoms with van der Waals surface area (Å²) in [5.41, 5.74) is 1.90. The van der Waals surface area contributed by atoms with Crippen molar-refractivity contribution in [1.82, 2.24) is 24.6 Å². The van der Waals surface area contributed by atoms with E-state index in [2.05, 4.69) is 26.7 Å². The number of carbonyl (C=O) groups excluding carboxylic acids is 1. The molecule has 2 saturated heterocycles. The van der Waals surface area contributed by atoms with Gasteiger partial charge in [0.05, 0.1) is 6.54 Å². The molecule has 6 nitrogen and oxygen atoms in total. The predicted molar refractivity (Wildman–Crippen MR) is 105 cm³/mol. The van der Waals surface area contributed by atoms with E-state index < -0.39 is 0 Å². The Kier molecular flexibility index (Phi) is 5.25. The first-order valence-electron chi connectivity index (χ1n) is 10.1. The van der Waals surface area contributed by atoms with Gasteiger partial charge in [-0.25, -0.2) is 0 Å². The highest BCUT2D eigenvalue weighted by atomic mass is 16.2. The SMILES string of the molecule is Cc1cccc(C(=O)N2CCC[C@@H](c3nnc(CN4CCCC4)n3C)C2)c1. The highest BCUT2D eigenvalue weighted by Gasteiger charge is 2.29. The lowest BCUT2D eigenvalue weighted by Crippen LogP contribution is -2.39. The summed E-state index contributed by atoms with van der Waals surface area (Å²) < 4.78 is 2.16. The van der Waals surface area contributed by atoms with E-state index in [1.165, 1.54) is 12.8 Å². The number of benzene rings is 1. The van der Waals surface area contributed by atoms with E-state index in [-0.39, 0.29) is 11.8 Å². The molecule has 4 rings (SSSR count). The molecular weight excluding hydrogens is 338 g/mol. The first-order chi connectivity index (χ1) is 13.1. The van der Waals surface area contributed by atoms with Crippen LogP contribution in [0.25, 0.3) is 0 Å². The number of rotatable bonds is 4. The average molecular weight is 367 g/mol. The van der Waals surface area contributed by atoms with Crippen LogP contribution in [0.2, 0.25) is 0 Å². The van der Waals surface area contributed by atoms with Gasteiger partial charge in [0, 0.05) is 31.6 Å². The number of aryl methyl sites for hydroxylation is 1. The molecule has 3 heterocycles. The van der Waals surface area contributed by atoms with Crippen LogP contribution in [-0.2, 0) is 13.6 Å². The molecule has 2 fully saturated rings. The third kappa shape index (κ3) is 3.90. The molecule has 0 radical (unpaired) electrons. The molecule has 0 spiro atoms. The fourth-order valence-corrected chi connectivity index (χ4v) is 4.34. The molecule has 2 aliphatic rings. The van der Waals surface area contributed by atoms with Crippen molar-refractivity contribution >= 4 is 5.91 Å². The van der Waals surface area contributed by atoms with Crippen molar-refractivity contribution in [3.05, 3.63) is 47.0 Å². The Hall–Kier alpha value is -2.21. The highest BCUT2D eigenvalue weighted by Crippen LogP contribution is 2.27. The minimum Gasteiger partial charge on any atom is -0.338 e. The third-order valence-corrected chi connectivity index (χ3v) is 5.90. The molecular formula is C21H29N5O. The topological polar surface area (TPSA) is 54.3 Å². The highest BCUT2D eigenvalue weighted by molar-refractivity contribution is 5.94. The molecule has 6 heteroatoms. The van der Waals surface area contributed by atoms with Crippen molar-refractivity contribution in [2.45, 2.75) is 45.1 Å². The standard InChI is InChI=1S/C21H29N5O/c1-16-7-5-8-17(13-16)21(27)26-12-6-9-18(14-26)20-23-22-19(24(20)2)15-25-10-3-4-11-25/h5,7-8,13,18H,3-4,6,9-12,14-15H2,1-2H3/t18-/m1/s1. The zero-order valence-corrected chi connectivity index (χ0v) is 16.4. The van der Waals surface area contributed by atoms with Crippen LogP contribution in [0, 0.1) is 6.92 Å². The van der Waals surface area contributed by atoms with Crippen molar-refractivity contribution in [2.24, 2.45) is 7.05 Å². The molecule has 2 aliphatic heterocycles. The minimum absolute atomic E-state index is 0.128. The molecule has 27 heavy (non-hydrogen) atoms. The van der Waals surface area contributed by atoms with Crippen LogP contribution in [0.3, 0.4) is 0 Å². The summed E-state index contributed by atoms with van der Waals surface area (Å²) in [6.45, 7) is 6.76. The van der Waals surface area contributed by atoms with Crippen molar-refractivity contribution in [1.29, 1.82) is 0 Å². The van der Waals surface area contributed by atoms with E-state index in [0.29, 0.717) is 0 Å². The van der Waals surface area contributed by atoms with Gasteiger partial charge in [-0.3, -0.25) is 9.69 Å². The molecule has 0 N–H and O–H groups in total. The van der Waals surface area contributed by atoms with Crippen LogP contribution >= 0.6 is 0 Å². The minimum atomic E-state index is 0.128. The maximum absolute atomic E-state index is 12.9. The molecule has 1 amide bonds. The second-order valence-corrected chi connectivity index (χ2v) is 7.98. The third-order valence-electron chi connectivity index (χ3n) is 5.90. The summed E-state index contributed by atoms with van der Waals surface area (Å²) in [5.74, 6) is 2.44. The second-order valence-electron chi connectivity index (χ2n) is 7.98. The van der Waals surface area contributed by atoms with Crippen LogP contribution in [0.4, 0.5) is 0 Å². The Balaban J connectivity index is 1.46. The van der Waals surface area contributed by atoms with E-state index in [4.69, 9.17) is 0 Å². The van der Waals surface area contributed by atoms with Crippen LogP contribution in [0.1, 0.15) is 59.2 Å². The predicted octanol–water partition coefficient (Wildman–Crippen LogP) is 2.74. The van der Waals surface area contributed by atoms with Gasteiger partial charge in [-0.2, -0.15) is 0 Å². The van der Waals surface area contributed by atoms with Gasteiger partial charge in [0.15, 0.2) is 0 Å². The number of likely N-dealkylation sites (tertiary alicyclic amines) is 2. The molecule has 0 unspecified atom stereocenters. The fourth-order valence-electron chi connectivity index (χ4n) is 4.34. The first kappa shape index (κ1) is 18.2. The maximum Gasteiger partial charge on any atom is 0.253 e. The molecule has 0 bridgehead atoms. The molecule has 2 aromatic rings. The largest absolute Gasteiger partial charge is 0.338 e. The molecule has 0 saturated carbocycles. The number of nitrogens with zero attached hydrogens (tertiary/aromatic N) is 5. The lowest BCUT2D eigenvalue weighted by molar-refractivity contribution is 0.0703. The smallest absolute Gasteiger partial charge is 0.253 e. The Labute approximate surface area is 161 Å². The first-order valence-corrected chi connectivity index (χ1v) is 10.1. The van der Waals surface area contributed by atoms with Crippen LogP contribution < -0.4 is 0 Å². The summed E-state index contributed by atoms with van der Waals surface area (Å²) >= 11 is 0. The van der Waals surface area contributed by atoms with Gasteiger partial charge in [0.25, 0.3) is 5.91 Å². The lowest BCUT2D eigenvalue weighted by Gasteiger charge is -2.32. The Morgan fingerprint density at radius 3 is 2.74 bits per heavy atom. The van der Waals surface area contributed by atoms with Gasteiger partial charge in [-0.1, -0.05) is 17.7 Å². The van der Waals surface area contributed by atoms with Crippen molar-refractivity contribution < 1.29 is 4.79 Å². The number of aromatic nitrogens is 3. The van der Waals surface area contributed by atoms with Gasteiger partial charge < -0.3 is 9.47 Å². The maximum atomic E-state index is 12.9. The Morgan fingerprint density at radius 2 is 1.96 bits per heavy atom.